The minimum atomic E-state index is 0.117. The van der Waals surface area contributed by atoms with Crippen LogP contribution in [-0.4, -0.2) is 55.3 Å². The van der Waals surface area contributed by atoms with Crippen molar-refractivity contribution in [3.05, 3.63) is 30.2 Å². The summed E-state index contributed by atoms with van der Waals surface area (Å²) in [4.78, 5) is 15.0. The van der Waals surface area contributed by atoms with Crippen LogP contribution in [0.5, 0.6) is 0 Å². The first-order valence-electron chi connectivity index (χ1n) is 11.2. The van der Waals surface area contributed by atoms with Gasteiger partial charge in [0.05, 0.1) is 43.3 Å². The van der Waals surface area contributed by atoms with Gasteiger partial charge in [0.15, 0.2) is 0 Å². The van der Waals surface area contributed by atoms with E-state index in [1.54, 1.807) is 7.11 Å². The van der Waals surface area contributed by atoms with Crippen molar-refractivity contribution >= 4 is 5.91 Å². The zero-order valence-electron chi connectivity index (χ0n) is 17.6. The number of methoxy groups -OCH3 is 1. The Bertz CT molecular complexity index is 932. The summed E-state index contributed by atoms with van der Waals surface area (Å²) in [5.41, 5.74) is 2.86. The number of ether oxygens (including phenoxy) is 1. The third kappa shape index (κ3) is 3.57. The van der Waals surface area contributed by atoms with Gasteiger partial charge in [-0.2, -0.15) is 5.10 Å². The highest BCUT2D eigenvalue weighted by atomic mass is 16.5. The number of aromatic nitrogens is 5. The second-order valence-corrected chi connectivity index (χ2v) is 8.68. The highest BCUT2D eigenvalue weighted by Crippen LogP contribution is 2.32. The van der Waals surface area contributed by atoms with Crippen molar-refractivity contribution in [1.82, 2.24) is 29.7 Å². The fraction of sp³-hybridized carbons (Fsp3) is 0.636. The molecular formula is C22H30N6O2. The molecule has 2 aliphatic carbocycles. The van der Waals surface area contributed by atoms with Crippen LogP contribution >= 0.6 is 0 Å². The van der Waals surface area contributed by atoms with E-state index in [-0.39, 0.29) is 24.0 Å². The number of carbonyl (C=O) groups is 1. The van der Waals surface area contributed by atoms with Crippen LogP contribution < -0.4 is 0 Å². The second kappa shape index (κ2) is 8.34. The number of carbonyl (C=O) groups excluding carboxylic acids is 1. The number of allylic oxidation sites excluding steroid dienone is 2. The smallest absolute Gasteiger partial charge is 0.226 e. The molecule has 8 heteroatoms. The minimum Gasteiger partial charge on any atom is -0.379 e. The average Bonchev–Trinajstić information content (AvgIpc) is 3.45. The molecule has 0 bridgehead atoms. The molecule has 160 valence electrons. The molecule has 3 heterocycles. The number of hydrogen-bond acceptors (Lipinski definition) is 5. The van der Waals surface area contributed by atoms with Gasteiger partial charge in [-0.15, -0.1) is 5.10 Å². The summed E-state index contributed by atoms with van der Waals surface area (Å²) in [6.45, 7) is 2.04. The Balaban J connectivity index is 1.36. The Morgan fingerprint density at radius 2 is 2.07 bits per heavy atom. The highest BCUT2D eigenvalue weighted by molar-refractivity contribution is 5.79. The maximum Gasteiger partial charge on any atom is 0.226 e. The summed E-state index contributed by atoms with van der Waals surface area (Å²) in [5, 5.41) is 13.5. The molecule has 2 aromatic heterocycles. The zero-order valence-corrected chi connectivity index (χ0v) is 17.6. The quantitative estimate of drug-likeness (QED) is 0.724. The Kier molecular flexibility index (Phi) is 5.41. The lowest BCUT2D eigenvalue weighted by molar-refractivity contribution is -0.137. The van der Waals surface area contributed by atoms with Crippen LogP contribution in [0.3, 0.4) is 0 Å². The van der Waals surface area contributed by atoms with E-state index in [2.05, 4.69) is 27.6 Å². The number of hydrogen-bond donors (Lipinski definition) is 0. The molecular weight excluding hydrogens is 380 g/mol. The van der Waals surface area contributed by atoms with Crippen LogP contribution in [0.25, 0.3) is 11.3 Å². The Hall–Kier alpha value is -2.48. The molecule has 0 unspecified atom stereocenters. The highest BCUT2D eigenvalue weighted by Gasteiger charge is 2.31. The van der Waals surface area contributed by atoms with Gasteiger partial charge >= 0.3 is 0 Å². The van der Waals surface area contributed by atoms with Crippen LogP contribution in [0, 0.1) is 5.92 Å². The van der Waals surface area contributed by atoms with Crippen LogP contribution in [0.2, 0.25) is 0 Å². The molecule has 2 aromatic rings. The van der Waals surface area contributed by atoms with E-state index in [1.165, 1.54) is 12.8 Å². The van der Waals surface area contributed by atoms with Crippen molar-refractivity contribution in [1.29, 1.82) is 0 Å². The molecule has 5 rings (SSSR count). The molecule has 1 saturated carbocycles. The summed E-state index contributed by atoms with van der Waals surface area (Å²) in [6.07, 6.45) is 15.7. The van der Waals surface area contributed by atoms with Crippen LogP contribution in [0.1, 0.15) is 56.7 Å². The number of nitrogens with zero attached hydrogens (tertiary/aromatic N) is 6. The van der Waals surface area contributed by atoms with Gasteiger partial charge in [-0.3, -0.25) is 9.48 Å². The fourth-order valence-corrected chi connectivity index (χ4v) is 5.14. The molecule has 30 heavy (non-hydrogen) atoms. The van der Waals surface area contributed by atoms with Gasteiger partial charge in [0.1, 0.15) is 5.69 Å². The average molecular weight is 411 g/mol. The van der Waals surface area contributed by atoms with Gasteiger partial charge in [0, 0.05) is 25.1 Å². The topological polar surface area (TPSA) is 78.1 Å². The molecule has 1 fully saturated rings. The van der Waals surface area contributed by atoms with E-state index < -0.39 is 0 Å². The third-order valence-electron chi connectivity index (χ3n) is 6.90. The van der Waals surface area contributed by atoms with Gasteiger partial charge < -0.3 is 9.64 Å². The molecule has 8 nitrogen and oxygen atoms in total. The third-order valence-corrected chi connectivity index (χ3v) is 6.90. The maximum atomic E-state index is 13.0. The van der Waals surface area contributed by atoms with Gasteiger partial charge in [0.2, 0.25) is 5.91 Å². The Morgan fingerprint density at radius 1 is 1.17 bits per heavy atom. The van der Waals surface area contributed by atoms with Crippen molar-refractivity contribution in [2.24, 2.45) is 5.92 Å². The van der Waals surface area contributed by atoms with E-state index in [9.17, 15) is 4.79 Å². The molecule has 0 aromatic carbocycles. The number of amides is 1. The number of fused-ring (bicyclic) bond motifs is 1. The molecule has 1 amide bonds. The largest absolute Gasteiger partial charge is 0.379 e. The van der Waals surface area contributed by atoms with Gasteiger partial charge in [0.25, 0.3) is 0 Å². The lowest BCUT2D eigenvalue weighted by Crippen LogP contribution is -2.42. The summed E-state index contributed by atoms with van der Waals surface area (Å²) < 4.78 is 9.67. The SMILES string of the molecule is CO[C@@H]1CCCC[C@H]1n1cc(-c2cnn3c2CN(C(=O)[C@H]2CC=CCC2)CC3)nn1. The Morgan fingerprint density at radius 3 is 2.90 bits per heavy atom. The van der Waals surface area contributed by atoms with Gasteiger partial charge in [-0.05, 0) is 32.1 Å². The number of rotatable bonds is 4. The van der Waals surface area contributed by atoms with Crippen molar-refractivity contribution < 1.29 is 9.53 Å². The molecule has 3 aliphatic rings. The lowest BCUT2D eigenvalue weighted by atomic mass is 9.92. The monoisotopic (exact) mass is 410 g/mol. The predicted molar refractivity (Wildman–Crippen MR) is 111 cm³/mol. The van der Waals surface area contributed by atoms with Gasteiger partial charge in [-0.1, -0.05) is 30.2 Å². The van der Waals surface area contributed by atoms with Crippen molar-refractivity contribution in [3.63, 3.8) is 0 Å². The molecule has 0 saturated heterocycles. The lowest BCUT2D eigenvalue weighted by Gasteiger charge is -2.32. The molecule has 0 N–H and O–H groups in total. The Labute approximate surface area is 176 Å². The van der Waals surface area contributed by atoms with E-state index in [0.717, 1.165) is 62.1 Å². The molecule has 3 atom stereocenters. The van der Waals surface area contributed by atoms with Crippen molar-refractivity contribution in [2.45, 2.75) is 70.2 Å². The second-order valence-electron chi connectivity index (χ2n) is 8.68. The van der Waals surface area contributed by atoms with Gasteiger partial charge in [-0.25, -0.2) is 4.68 Å². The fourth-order valence-electron chi connectivity index (χ4n) is 5.14. The first-order chi connectivity index (χ1) is 14.7. The normalized spacial score (nSPS) is 26.6. The van der Waals surface area contributed by atoms with E-state index in [4.69, 9.17) is 4.74 Å². The van der Waals surface area contributed by atoms with Crippen molar-refractivity contribution in [3.8, 4) is 11.3 Å². The first kappa shape index (κ1) is 19.5. The summed E-state index contributed by atoms with van der Waals surface area (Å²) in [6, 6.07) is 0.230. The summed E-state index contributed by atoms with van der Waals surface area (Å²) in [5.74, 6) is 0.387. The zero-order chi connectivity index (χ0) is 20.5. The summed E-state index contributed by atoms with van der Waals surface area (Å²) in [7, 11) is 1.78. The molecule has 1 aliphatic heterocycles. The van der Waals surface area contributed by atoms with Crippen LogP contribution in [0.4, 0.5) is 0 Å². The predicted octanol–water partition coefficient (Wildman–Crippen LogP) is 2.97. The van der Waals surface area contributed by atoms with E-state index in [1.807, 2.05) is 26.7 Å². The first-order valence-corrected chi connectivity index (χ1v) is 11.2. The van der Waals surface area contributed by atoms with Crippen molar-refractivity contribution in [2.75, 3.05) is 13.7 Å². The standard InChI is InChI=1S/C22H30N6O2/c1-30-21-10-6-5-9-19(21)28-14-18(24-25-28)17-13-23-27-12-11-26(15-20(17)27)22(29)16-7-3-2-4-8-16/h2-3,13-14,16,19,21H,4-12,15H2,1H3/t16-,19+,21+/m0/s1. The van der Waals surface area contributed by atoms with Crippen LogP contribution in [-0.2, 0) is 22.6 Å². The van der Waals surface area contributed by atoms with E-state index >= 15 is 0 Å². The van der Waals surface area contributed by atoms with E-state index in [0.29, 0.717) is 6.54 Å². The minimum absolute atomic E-state index is 0.117. The summed E-state index contributed by atoms with van der Waals surface area (Å²) >= 11 is 0. The molecule has 0 radical (unpaired) electrons. The maximum absolute atomic E-state index is 13.0. The molecule has 0 spiro atoms. The van der Waals surface area contributed by atoms with Crippen LogP contribution in [0.15, 0.2) is 24.5 Å².